The van der Waals surface area contributed by atoms with E-state index in [0.29, 0.717) is 11.1 Å². The van der Waals surface area contributed by atoms with E-state index < -0.39 is 22.0 Å². The molecular weight excluding hydrogens is 302 g/mol. The quantitative estimate of drug-likeness (QED) is 0.637. The highest BCUT2D eigenvalue weighted by atomic mass is 16.7. The molecule has 1 heterocycles. The van der Waals surface area contributed by atoms with Crippen LogP contribution in [-0.4, -0.2) is 21.6 Å². The molecule has 23 heavy (non-hydrogen) atoms. The van der Waals surface area contributed by atoms with Crippen molar-refractivity contribution in [2.75, 3.05) is 0 Å². The molecule has 3 rings (SSSR count). The van der Waals surface area contributed by atoms with E-state index in [1.54, 1.807) is 30.3 Å². The van der Waals surface area contributed by atoms with E-state index in [0.717, 1.165) is 0 Å². The zero-order valence-corrected chi connectivity index (χ0v) is 11.7. The lowest BCUT2D eigenvalue weighted by molar-refractivity contribution is -0.512. The molecule has 0 amide bonds. The topological polar surface area (TPSA) is 108 Å². The van der Waals surface area contributed by atoms with E-state index in [1.807, 2.05) is 0 Å². The van der Waals surface area contributed by atoms with Crippen LogP contribution in [0.1, 0.15) is 17.2 Å². The summed E-state index contributed by atoms with van der Waals surface area (Å²) in [6.07, 6.45) is -0.916. The number of oxime groups is 1. The fourth-order valence-electron chi connectivity index (χ4n) is 2.44. The Morgan fingerprint density at radius 1 is 0.957 bits per heavy atom. The number of rotatable bonds is 4. The molecule has 1 aliphatic rings. The molecule has 2 atom stereocenters. The molecule has 1 aliphatic heterocycles. The van der Waals surface area contributed by atoms with Crippen molar-refractivity contribution in [1.29, 1.82) is 0 Å². The number of benzene rings is 2. The fraction of sp³-hybridized carbons (Fsp3) is 0.133. The lowest BCUT2D eigenvalue weighted by Crippen LogP contribution is -2.32. The first-order valence-electron chi connectivity index (χ1n) is 6.75. The van der Waals surface area contributed by atoms with Crippen molar-refractivity contribution in [2.45, 2.75) is 12.1 Å². The third-order valence-corrected chi connectivity index (χ3v) is 3.56. The molecule has 2 aromatic rings. The summed E-state index contributed by atoms with van der Waals surface area (Å²) in [5.74, 6) is 0. The molecule has 0 bridgehead atoms. The molecule has 2 unspecified atom stereocenters. The minimum Gasteiger partial charge on any atom is -0.379 e. The van der Waals surface area contributed by atoms with Crippen LogP contribution in [0.25, 0.3) is 0 Å². The third kappa shape index (κ3) is 2.73. The van der Waals surface area contributed by atoms with Crippen molar-refractivity contribution in [3.8, 4) is 0 Å². The molecule has 0 radical (unpaired) electrons. The molecule has 8 nitrogen and oxygen atoms in total. The van der Waals surface area contributed by atoms with E-state index in [1.165, 1.54) is 24.3 Å². The summed E-state index contributed by atoms with van der Waals surface area (Å²) in [5.41, 5.74) is 1.22. The Morgan fingerprint density at radius 3 is 2.17 bits per heavy atom. The Bertz CT molecular complexity index is 773. The molecule has 0 N–H and O–H groups in total. The van der Waals surface area contributed by atoms with Crippen LogP contribution in [0.3, 0.4) is 0 Å². The minimum atomic E-state index is -1.17. The summed E-state index contributed by atoms with van der Waals surface area (Å²) in [4.78, 5) is 26.4. The first kappa shape index (κ1) is 14.6. The molecule has 2 aromatic carbocycles. The van der Waals surface area contributed by atoms with Crippen LogP contribution >= 0.6 is 0 Å². The predicted molar refractivity (Wildman–Crippen MR) is 80.7 cm³/mol. The van der Waals surface area contributed by atoms with Gasteiger partial charge in [-0.15, -0.1) is 0 Å². The number of hydrogen-bond acceptors (Lipinski definition) is 6. The highest BCUT2D eigenvalue weighted by Crippen LogP contribution is 2.32. The highest BCUT2D eigenvalue weighted by Gasteiger charge is 2.45. The van der Waals surface area contributed by atoms with Crippen molar-refractivity contribution < 1.29 is 14.7 Å². The Labute approximate surface area is 130 Å². The van der Waals surface area contributed by atoms with Crippen molar-refractivity contribution in [2.24, 2.45) is 5.16 Å². The molecule has 8 heteroatoms. The zero-order chi connectivity index (χ0) is 16.4. The van der Waals surface area contributed by atoms with Gasteiger partial charge >= 0.3 is 6.04 Å². The largest absolute Gasteiger partial charge is 0.379 e. The van der Waals surface area contributed by atoms with Gasteiger partial charge in [-0.3, -0.25) is 20.2 Å². The highest BCUT2D eigenvalue weighted by molar-refractivity contribution is 6.04. The number of hydrogen-bond donors (Lipinski definition) is 0. The van der Waals surface area contributed by atoms with Gasteiger partial charge in [0.1, 0.15) is 0 Å². The van der Waals surface area contributed by atoms with Gasteiger partial charge in [0.25, 0.3) is 5.69 Å². The summed E-state index contributed by atoms with van der Waals surface area (Å²) < 4.78 is 0. The van der Waals surface area contributed by atoms with Gasteiger partial charge in [0.05, 0.1) is 4.92 Å². The summed E-state index contributed by atoms with van der Waals surface area (Å²) in [6, 6.07) is 13.1. The fourth-order valence-corrected chi connectivity index (χ4v) is 2.44. The first-order valence-corrected chi connectivity index (χ1v) is 6.75. The molecule has 0 saturated carbocycles. The van der Waals surface area contributed by atoms with Gasteiger partial charge in [-0.05, 0) is 12.1 Å². The molecule has 0 saturated heterocycles. The monoisotopic (exact) mass is 313 g/mol. The van der Waals surface area contributed by atoms with Gasteiger partial charge in [-0.25, -0.2) is 0 Å². The maximum Gasteiger partial charge on any atom is 0.301 e. The lowest BCUT2D eigenvalue weighted by Gasteiger charge is -2.12. The summed E-state index contributed by atoms with van der Waals surface area (Å²) in [7, 11) is 0. The maximum atomic E-state index is 11.5. The van der Waals surface area contributed by atoms with Gasteiger partial charge < -0.3 is 4.84 Å². The van der Waals surface area contributed by atoms with Crippen LogP contribution in [-0.2, 0) is 4.84 Å². The van der Waals surface area contributed by atoms with Gasteiger partial charge in [-0.1, -0.05) is 35.5 Å². The Balaban J connectivity index is 1.92. The lowest BCUT2D eigenvalue weighted by atomic mass is 9.95. The first-order chi connectivity index (χ1) is 11.1. The summed E-state index contributed by atoms with van der Waals surface area (Å²) >= 11 is 0. The normalized spacial score (nSPS) is 19.7. The van der Waals surface area contributed by atoms with Crippen LogP contribution in [0.4, 0.5) is 5.69 Å². The van der Waals surface area contributed by atoms with Crippen molar-refractivity contribution in [3.05, 3.63) is 86.0 Å². The van der Waals surface area contributed by atoms with Gasteiger partial charge in [-0.2, -0.15) is 0 Å². The number of non-ortho nitro benzene ring substituents is 1. The SMILES string of the molecule is O=[N+]([O-])c1ccc(C2ON=C(c3ccccc3)C2[N+](=O)[O-])cc1. The molecule has 0 aliphatic carbocycles. The minimum absolute atomic E-state index is 0.0893. The van der Waals surface area contributed by atoms with E-state index in [4.69, 9.17) is 4.84 Å². The molecule has 0 fully saturated rings. The molecule has 0 spiro atoms. The van der Waals surface area contributed by atoms with Crippen LogP contribution in [0.2, 0.25) is 0 Å². The van der Waals surface area contributed by atoms with Crippen LogP contribution in [0, 0.1) is 20.2 Å². The Hall–Kier alpha value is -3.29. The standard InChI is InChI=1S/C15H11N3O5/c19-17(20)12-8-6-11(7-9-12)15-14(18(21)22)13(16-23-15)10-4-2-1-3-5-10/h1-9,14-15H. The van der Waals surface area contributed by atoms with E-state index in [-0.39, 0.29) is 11.4 Å². The number of nitro benzene ring substituents is 1. The van der Waals surface area contributed by atoms with Gasteiger partial charge in [0.2, 0.25) is 6.10 Å². The summed E-state index contributed by atoms with van der Waals surface area (Å²) in [5, 5.41) is 26.0. The Morgan fingerprint density at radius 2 is 1.61 bits per heavy atom. The number of nitrogens with zero attached hydrogens (tertiary/aromatic N) is 3. The van der Waals surface area contributed by atoms with Crippen molar-refractivity contribution in [3.63, 3.8) is 0 Å². The van der Waals surface area contributed by atoms with Crippen LogP contribution < -0.4 is 0 Å². The van der Waals surface area contributed by atoms with Crippen molar-refractivity contribution in [1.82, 2.24) is 0 Å². The predicted octanol–water partition coefficient (Wildman–Crippen LogP) is 2.72. The van der Waals surface area contributed by atoms with Gasteiger partial charge in [0.15, 0.2) is 5.71 Å². The second-order valence-electron chi connectivity index (χ2n) is 4.95. The van der Waals surface area contributed by atoms with Crippen LogP contribution in [0.15, 0.2) is 59.8 Å². The average Bonchev–Trinajstić information content (AvgIpc) is 3.01. The van der Waals surface area contributed by atoms with Gasteiger partial charge in [0, 0.05) is 28.2 Å². The second-order valence-corrected chi connectivity index (χ2v) is 4.95. The zero-order valence-electron chi connectivity index (χ0n) is 11.7. The summed E-state index contributed by atoms with van der Waals surface area (Å²) in [6.45, 7) is 0. The van der Waals surface area contributed by atoms with E-state index in [2.05, 4.69) is 5.16 Å². The third-order valence-electron chi connectivity index (χ3n) is 3.56. The molecule has 116 valence electrons. The second kappa shape index (κ2) is 5.84. The maximum absolute atomic E-state index is 11.5. The molecular formula is C15H11N3O5. The van der Waals surface area contributed by atoms with E-state index in [9.17, 15) is 20.2 Å². The average molecular weight is 313 g/mol. The number of nitro groups is 2. The Kier molecular flexibility index (Phi) is 3.71. The smallest absolute Gasteiger partial charge is 0.301 e. The van der Waals surface area contributed by atoms with Crippen LogP contribution in [0.5, 0.6) is 0 Å². The molecule has 0 aromatic heterocycles. The van der Waals surface area contributed by atoms with Crippen molar-refractivity contribution >= 4 is 11.4 Å². The van der Waals surface area contributed by atoms with E-state index >= 15 is 0 Å².